The molecule has 1 aromatic carbocycles. The molecule has 20 heavy (non-hydrogen) atoms. The van der Waals surface area contributed by atoms with E-state index in [0.29, 0.717) is 0 Å². The first-order valence-electron chi connectivity index (χ1n) is 6.71. The lowest BCUT2D eigenvalue weighted by atomic mass is 10.1. The third-order valence-electron chi connectivity index (χ3n) is 3.24. The van der Waals surface area contributed by atoms with Crippen LogP contribution in [0.5, 0.6) is 5.75 Å². The first-order chi connectivity index (χ1) is 9.61. The highest BCUT2D eigenvalue weighted by Crippen LogP contribution is 2.29. The molecule has 0 aliphatic rings. The molecule has 0 radical (unpaired) electrons. The van der Waals surface area contributed by atoms with Crippen LogP contribution in [0, 0.1) is 6.92 Å². The number of nitrogens with zero attached hydrogens (tertiary/aromatic N) is 1. The Hall–Kier alpha value is -1.39. The maximum absolute atomic E-state index is 6.21. The SMILES string of the molecule is CCC(N)C(Oc1cc(Br)ccc1C)c1ccccn1. The molecule has 0 saturated carbocycles. The molecule has 0 amide bonds. The van der Waals surface area contributed by atoms with E-state index < -0.39 is 0 Å². The normalized spacial score (nSPS) is 13.8. The molecule has 2 unspecified atom stereocenters. The van der Waals surface area contributed by atoms with Crippen molar-refractivity contribution in [2.24, 2.45) is 5.73 Å². The predicted molar refractivity (Wildman–Crippen MR) is 84.8 cm³/mol. The molecule has 2 N–H and O–H groups in total. The van der Waals surface area contributed by atoms with Gasteiger partial charge in [-0.1, -0.05) is 35.0 Å². The highest BCUT2D eigenvalue weighted by Gasteiger charge is 2.22. The van der Waals surface area contributed by atoms with Crippen molar-refractivity contribution in [2.45, 2.75) is 32.4 Å². The summed E-state index contributed by atoms with van der Waals surface area (Å²) in [5, 5.41) is 0. The van der Waals surface area contributed by atoms with Crippen LogP contribution in [0.15, 0.2) is 47.1 Å². The molecular weight excluding hydrogens is 316 g/mol. The van der Waals surface area contributed by atoms with E-state index in [1.807, 2.05) is 43.3 Å². The van der Waals surface area contributed by atoms with Gasteiger partial charge in [-0.3, -0.25) is 4.98 Å². The lowest BCUT2D eigenvalue weighted by Crippen LogP contribution is -2.32. The van der Waals surface area contributed by atoms with Gasteiger partial charge < -0.3 is 10.5 Å². The largest absolute Gasteiger partial charge is 0.482 e. The van der Waals surface area contributed by atoms with Crippen LogP contribution in [-0.4, -0.2) is 11.0 Å². The van der Waals surface area contributed by atoms with Gasteiger partial charge in [0.25, 0.3) is 0 Å². The first kappa shape index (κ1) is 15.0. The average Bonchev–Trinajstić information content (AvgIpc) is 2.48. The molecule has 0 spiro atoms. The van der Waals surface area contributed by atoms with E-state index in [1.54, 1.807) is 6.20 Å². The van der Waals surface area contributed by atoms with E-state index in [9.17, 15) is 0 Å². The number of aryl methyl sites for hydroxylation is 1. The second-order valence-corrected chi connectivity index (χ2v) is 5.69. The maximum atomic E-state index is 6.21. The zero-order chi connectivity index (χ0) is 14.5. The van der Waals surface area contributed by atoms with Crippen molar-refractivity contribution in [2.75, 3.05) is 0 Å². The second-order valence-electron chi connectivity index (χ2n) is 4.77. The predicted octanol–water partition coefficient (Wildman–Crippen LogP) is 4.01. The van der Waals surface area contributed by atoms with Crippen LogP contribution in [0.25, 0.3) is 0 Å². The minimum Gasteiger partial charge on any atom is -0.482 e. The third kappa shape index (κ3) is 3.58. The van der Waals surface area contributed by atoms with Gasteiger partial charge in [-0.2, -0.15) is 0 Å². The quantitative estimate of drug-likeness (QED) is 0.898. The lowest BCUT2D eigenvalue weighted by molar-refractivity contribution is 0.165. The molecule has 106 valence electrons. The molecule has 1 heterocycles. The van der Waals surface area contributed by atoms with Crippen LogP contribution in [-0.2, 0) is 0 Å². The Morgan fingerprint density at radius 1 is 1.30 bits per heavy atom. The molecule has 3 nitrogen and oxygen atoms in total. The van der Waals surface area contributed by atoms with Gasteiger partial charge in [-0.15, -0.1) is 0 Å². The molecule has 1 aromatic heterocycles. The van der Waals surface area contributed by atoms with Crippen molar-refractivity contribution in [3.05, 3.63) is 58.3 Å². The Kier molecular flexibility index (Phi) is 5.15. The van der Waals surface area contributed by atoms with Crippen LogP contribution < -0.4 is 10.5 Å². The van der Waals surface area contributed by atoms with Crippen molar-refractivity contribution in [3.63, 3.8) is 0 Å². The van der Waals surface area contributed by atoms with Crippen LogP contribution in [0.3, 0.4) is 0 Å². The topological polar surface area (TPSA) is 48.1 Å². The molecule has 0 aliphatic heterocycles. The van der Waals surface area contributed by atoms with Crippen molar-refractivity contribution < 1.29 is 4.74 Å². The van der Waals surface area contributed by atoms with Crippen molar-refractivity contribution in [3.8, 4) is 5.75 Å². The molecule has 0 fully saturated rings. The van der Waals surface area contributed by atoms with Gasteiger partial charge in [0, 0.05) is 16.7 Å². The molecule has 2 aromatic rings. The first-order valence-corrected chi connectivity index (χ1v) is 7.50. The van der Waals surface area contributed by atoms with Crippen LogP contribution >= 0.6 is 15.9 Å². The number of ether oxygens (including phenoxy) is 1. The Morgan fingerprint density at radius 3 is 2.75 bits per heavy atom. The van der Waals surface area contributed by atoms with E-state index in [4.69, 9.17) is 10.5 Å². The van der Waals surface area contributed by atoms with Gasteiger partial charge in [0.15, 0.2) is 6.10 Å². The van der Waals surface area contributed by atoms with Crippen LogP contribution in [0.4, 0.5) is 0 Å². The van der Waals surface area contributed by atoms with Crippen LogP contribution in [0.1, 0.15) is 30.7 Å². The van der Waals surface area contributed by atoms with E-state index in [1.165, 1.54) is 0 Å². The van der Waals surface area contributed by atoms with Gasteiger partial charge in [0.2, 0.25) is 0 Å². The summed E-state index contributed by atoms with van der Waals surface area (Å²) in [6.07, 6.45) is 2.35. The highest BCUT2D eigenvalue weighted by atomic mass is 79.9. The fourth-order valence-electron chi connectivity index (χ4n) is 1.96. The van der Waals surface area contributed by atoms with Crippen molar-refractivity contribution in [1.82, 2.24) is 4.98 Å². The Morgan fingerprint density at radius 2 is 2.10 bits per heavy atom. The standard InChI is InChI=1S/C16H19BrN2O/c1-3-13(18)16(14-6-4-5-9-19-14)20-15-10-12(17)8-7-11(15)2/h4-10,13,16H,3,18H2,1-2H3. The minimum atomic E-state index is -0.241. The number of nitrogens with two attached hydrogens (primary N) is 1. The second kappa shape index (κ2) is 6.86. The summed E-state index contributed by atoms with van der Waals surface area (Å²) in [4.78, 5) is 4.38. The van der Waals surface area contributed by atoms with E-state index in [-0.39, 0.29) is 12.1 Å². The third-order valence-corrected chi connectivity index (χ3v) is 3.74. The van der Waals surface area contributed by atoms with Crippen molar-refractivity contribution >= 4 is 15.9 Å². The molecule has 2 rings (SSSR count). The number of benzene rings is 1. The van der Waals surface area contributed by atoms with Gasteiger partial charge in [-0.05, 0) is 43.2 Å². The van der Waals surface area contributed by atoms with Crippen LogP contribution in [0.2, 0.25) is 0 Å². The summed E-state index contributed by atoms with van der Waals surface area (Å²) in [5.74, 6) is 0.832. The summed E-state index contributed by atoms with van der Waals surface area (Å²) in [5.41, 5.74) is 8.15. The summed E-state index contributed by atoms with van der Waals surface area (Å²) >= 11 is 3.47. The molecule has 2 atom stereocenters. The number of rotatable bonds is 5. The minimum absolute atomic E-state index is 0.0942. The number of hydrogen-bond donors (Lipinski definition) is 1. The smallest absolute Gasteiger partial charge is 0.155 e. The number of hydrogen-bond acceptors (Lipinski definition) is 3. The monoisotopic (exact) mass is 334 g/mol. The zero-order valence-electron chi connectivity index (χ0n) is 11.7. The van der Waals surface area contributed by atoms with Crippen molar-refractivity contribution in [1.29, 1.82) is 0 Å². The average molecular weight is 335 g/mol. The van der Waals surface area contributed by atoms with Gasteiger partial charge in [-0.25, -0.2) is 0 Å². The maximum Gasteiger partial charge on any atom is 0.155 e. The summed E-state index contributed by atoms with van der Waals surface area (Å²) < 4.78 is 7.14. The molecule has 0 aliphatic carbocycles. The molecule has 0 saturated heterocycles. The van der Waals surface area contributed by atoms with E-state index in [0.717, 1.165) is 27.9 Å². The molecule has 4 heteroatoms. The summed E-state index contributed by atoms with van der Waals surface area (Å²) in [6, 6.07) is 11.7. The number of pyridine rings is 1. The molecule has 0 bridgehead atoms. The Balaban J connectivity index is 2.31. The van der Waals surface area contributed by atoms with Gasteiger partial charge in [0.1, 0.15) is 5.75 Å². The molecular formula is C16H19BrN2O. The Bertz CT molecular complexity index is 560. The summed E-state index contributed by atoms with van der Waals surface area (Å²) in [7, 11) is 0. The zero-order valence-corrected chi connectivity index (χ0v) is 13.3. The lowest BCUT2D eigenvalue weighted by Gasteiger charge is -2.24. The summed E-state index contributed by atoms with van der Waals surface area (Å²) in [6.45, 7) is 4.08. The fraction of sp³-hybridized carbons (Fsp3) is 0.312. The van der Waals surface area contributed by atoms with E-state index >= 15 is 0 Å². The number of halogens is 1. The Labute approximate surface area is 128 Å². The fourth-order valence-corrected chi connectivity index (χ4v) is 2.30. The van der Waals surface area contributed by atoms with Gasteiger partial charge in [0.05, 0.1) is 5.69 Å². The number of aromatic nitrogens is 1. The van der Waals surface area contributed by atoms with Gasteiger partial charge >= 0.3 is 0 Å². The van der Waals surface area contributed by atoms with E-state index in [2.05, 4.69) is 27.8 Å². The highest BCUT2D eigenvalue weighted by molar-refractivity contribution is 9.10.